The van der Waals surface area contributed by atoms with Gasteiger partial charge in [-0.05, 0) is 54.3 Å². The molecular formula is C19H23NO2. The maximum atomic E-state index is 12.2. The van der Waals surface area contributed by atoms with E-state index >= 15 is 0 Å². The van der Waals surface area contributed by atoms with Crippen LogP contribution in [0.4, 0.5) is 5.69 Å². The third kappa shape index (κ3) is 4.35. The van der Waals surface area contributed by atoms with Gasteiger partial charge in [-0.25, -0.2) is 0 Å². The third-order valence-electron chi connectivity index (χ3n) is 3.42. The molecule has 0 saturated carbocycles. The molecular weight excluding hydrogens is 274 g/mol. The lowest BCUT2D eigenvalue weighted by molar-refractivity contribution is 0.102. The van der Waals surface area contributed by atoms with Gasteiger partial charge in [-0.3, -0.25) is 4.79 Å². The van der Waals surface area contributed by atoms with Crippen LogP contribution in [0.3, 0.4) is 0 Å². The van der Waals surface area contributed by atoms with Crippen molar-refractivity contribution < 1.29 is 9.53 Å². The molecule has 0 spiro atoms. The summed E-state index contributed by atoms with van der Waals surface area (Å²) in [6, 6.07) is 15.2. The van der Waals surface area contributed by atoms with Crippen molar-refractivity contribution in [2.75, 3.05) is 11.9 Å². The molecule has 0 saturated heterocycles. The van der Waals surface area contributed by atoms with Crippen molar-refractivity contribution in [2.24, 2.45) is 0 Å². The van der Waals surface area contributed by atoms with Gasteiger partial charge in [-0.1, -0.05) is 32.9 Å². The van der Waals surface area contributed by atoms with Crippen LogP contribution in [0.1, 0.15) is 49.0 Å². The fourth-order valence-electron chi connectivity index (χ4n) is 2.08. The summed E-state index contributed by atoms with van der Waals surface area (Å²) in [4.78, 5) is 12.2. The highest BCUT2D eigenvalue weighted by Gasteiger charge is 2.07. The second-order valence-electron chi connectivity index (χ2n) is 5.60. The number of hydrogen-bond acceptors (Lipinski definition) is 2. The molecule has 0 heterocycles. The van der Waals surface area contributed by atoms with Gasteiger partial charge in [0.05, 0.1) is 6.61 Å². The van der Waals surface area contributed by atoms with Crippen LogP contribution >= 0.6 is 0 Å². The summed E-state index contributed by atoms with van der Waals surface area (Å²) >= 11 is 0. The lowest BCUT2D eigenvalue weighted by Gasteiger charge is -2.09. The topological polar surface area (TPSA) is 38.3 Å². The predicted octanol–water partition coefficient (Wildman–Crippen LogP) is 4.85. The largest absolute Gasteiger partial charge is 0.494 e. The van der Waals surface area contributed by atoms with E-state index in [9.17, 15) is 4.79 Å². The van der Waals surface area contributed by atoms with Gasteiger partial charge in [0, 0.05) is 11.3 Å². The molecule has 2 aromatic rings. The second-order valence-corrected chi connectivity index (χ2v) is 5.60. The number of anilines is 1. The van der Waals surface area contributed by atoms with Gasteiger partial charge in [0.15, 0.2) is 0 Å². The predicted molar refractivity (Wildman–Crippen MR) is 90.7 cm³/mol. The first-order valence-electron chi connectivity index (χ1n) is 7.74. The fourth-order valence-corrected chi connectivity index (χ4v) is 2.08. The van der Waals surface area contributed by atoms with E-state index in [1.807, 2.05) is 36.4 Å². The molecule has 0 radical (unpaired) electrons. The molecule has 2 rings (SSSR count). The maximum absolute atomic E-state index is 12.2. The molecule has 0 aliphatic rings. The minimum Gasteiger partial charge on any atom is -0.494 e. The van der Waals surface area contributed by atoms with Crippen LogP contribution in [-0.4, -0.2) is 12.5 Å². The molecule has 2 aromatic carbocycles. The van der Waals surface area contributed by atoms with Crippen molar-refractivity contribution >= 4 is 11.6 Å². The molecule has 0 fully saturated rings. The van der Waals surface area contributed by atoms with E-state index in [0.29, 0.717) is 18.1 Å². The van der Waals surface area contributed by atoms with Crippen molar-refractivity contribution in [3.8, 4) is 5.75 Å². The van der Waals surface area contributed by atoms with E-state index in [1.165, 1.54) is 5.56 Å². The normalized spacial score (nSPS) is 10.5. The Bertz CT molecular complexity index is 600. The number of hydrogen-bond donors (Lipinski definition) is 1. The number of nitrogens with one attached hydrogen (secondary N) is 1. The molecule has 1 N–H and O–H groups in total. The van der Waals surface area contributed by atoms with E-state index in [2.05, 4.69) is 26.1 Å². The Balaban J connectivity index is 1.99. The van der Waals surface area contributed by atoms with Crippen LogP contribution in [0.5, 0.6) is 5.75 Å². The summed E-state index contributed by atoms with van der Waals surface area (Å²) < 4.78 is 5.51. The minimum atomic E-state index is -0.112. The Kier molecular flexibility index (Phi) is 5.59. The van der Waals surface area contributed by atoms with Crippen LogP contribution in [0.15, 0.2) is 48.5 Å². The number of amides is 1. The highest BCUT2D eigenvalue weighted by Crippen LogP contribution is 2.18. The van der Waals surface area contributed by atoms with Crippen molar-refractivity contribution in [3.05, 3.63) is 59.7 Å². The van der Waals surface area contributed by atoms with Crippen LogP contribution in [-0.2, 0) is 0 Å². The van der Waals surface area contributed by atoms with Crippen LogP contribution in [0.2, 0.25) is 0 Å². The standard InChI is InChI=1S/C19H23NO2/c1-4-13-22-18-11-7-16(8-12-18)19(21)20-17-9-5-15(6-10-17)14(2)3/h5-12,14H,4,13H2,1-3H3,(H,20,21). The van der Waals surface area contributed by atoms with Crippen molar-refractivity contribution in [1.29, 1.82) is 0 Å². The first kappa shape index (κ1) is 16.1. The molecule has 0 bridgehead atoms. The Morgan fingerprint density at radius 2 is 1.68 bits per heavy atom. The van der Waals surface area contributed by atoms with Crippen LogP contribution in [0.25, 0.3) is 0 Å². The van der Waals surface area contributed by atoms with Crippen molar-refractivity contribution in [2.45, 2.75) is 33.1 Å². The fraction of sp³-hybridized carbons (Fsp3) is 0.316. The first-order chi connectivity index (χ1) is 10.6. The first-order valence-corrected chi connectivity index (χ1v) is 7.74. The Morgan fingerprint density at radius 3 is 2.23 bits per heavy atom. The highest BCUT2D eigenvalue weighted by atomic mass is 16.5. The van der Waals surface area contributed by atoms with Gasteiger partial charge >= 0.3 is 0 Å². The molecule has 22 heavy (non-hydrogen) atoms. The lowest BCUT2D eigenvalue weighted by atomic mass is 10.0. The average molecular weight is 297 g/mol. The highest BCUT2D eigenvalue weighted by molar-refractivity contribution is 6.04. The SMILES string of the molecule is CCCOc1ccc(C(=O)Nc2ccc(C(C)C)cc2)cc1. The second kappa shape index (κ2) is 7.64. The Hall–Kier alpha value is -2.29. The molecule has 0 aliphatic heterocycles. The average Bonchev–Trinajstić information content (AvgIpc) is 2.54. The zero-order valence-corrected chi connectivity index (χ0v) is 13.4. The molecule has 3 heteroatoms. The number of benzene rings is 2. The molecule has 0 aromatic heterocycles. The molecule has 0 unspecified atom stereocenters. The zero-order valence-electron chi connectivity index (χ0n) is 13.4. The van der Waals surface area contributed by atoms with Gasteiger partial charge in [-0.2, -0.15) is 0 Å². The monoisotopic (exact) mass is 297 g/mol. The minimum absolute atomic E-state index is 0.112. The van der Waals surface area contributed by atoms with Crippen LogP contribution in [0, 0.1) is 0 Å². The zero-order chi connectivity index (χ0) is 15.9. The summed E-state index contributed by atoms with van der Waals surface area (Å²) in [5.41, 5.74) is 2.69. The van der Waals surface area contributed by atoms with Gasteiger partial charge in [0.1, 0.15) is 5.75 Å². The van der Waals surface area contributed by atoms with Crippen molar-refractivity contribution in [3.63, 3.8) is 0 Å². The molecule has 3 nitrogen and oxygen atoms in total. The van der Waals surface area contributed by atoms with E-state index in [1.54, 1.807) is 12.1 Å². The smallest absolute Gasteiger partial charge is 0.255 e. The maximum Gasteiger partial charge on any atom is 0.255 e. The van der Waals surface area contributed by atoms with Crippen LogP contribution < -0.4 is 10.1 Å². The molecule has 0 atom stereocenters. The number of carbonyl (C=O) groups is 1. The van der Waals surface area contributed by atoms with Gasteiger partial charge in [0.2, 0.25) is 0 Å². The van der Waals surface area contributed by atoms with Gasteiger partial charge in [-0.15, -0.1) is 0 Å². The van der Waals surface area contributed by atoms with E-state index < -0.39 is 0 Å². The summed E-state index contributed by atoms with van der Waals surface area (Å²) in [6.45, 7) is 7.05. The quantitative estimate of drug-likeness (QED) is 0.827. The molecule has 0 aliphatic carbocycles. The summed E-state index contributed by atoms with van der Waals surface area (Å²) in [5.74, 6) is 1.17. The summed E-state index contributed by atoms with van der Waals surface area (Å²) in [7, 11) is 0. The van der Waals surface area contributed by atoms with E-state index in [-0.39, 0.29) is 5.91 Å². The Morgan fingerprint density at radius 1 is 1.05 bits per heavy atom. The lowest BCUT2D eigenvalue weighted by Crippen LogP contribution is -2.11. The third-order valence-corrected chi connectivity index (χ3v) is 3.42. The molecule has 116 valence electrons. The van der Waals surface area contributed by atoms with E-state index in [0.717, 1.165) is 17.9 Å². The summed E-state index contributed by atoms with van der Waals surface area (Å²) in [5, 5.41) is 2.91. The molecule has 1 amide bonds. The Labute approximate surface area is 132 Å². The van der Waals surface area contributed by atoms with Gasteiger partial charge in [0.25, 0.3) is 5.91 Å². The number of ether oxygens (including phenoxy) is 1. The summed E-state index contributed by atoms with van der Waals surface area (Å²) in [6.07, 6.45) is 0.967. The van der Waals surface area contributed by atoms with E-state index in [4.69, 9.17) is 4.74 Å². The number of carbonyl (C=O) groups excluding carboxylic acids is 1. The number of rotatable bonds is 6. The van der Waals surface area contributed by atoms with Crippen molar-refractivity contribution in [1.82, 2.24) is 0 Å². The van der Waals surface area contributed by atoms with Gasteiger partial charge < -0.3 is 10.1 Å².